The highest BCUT2D eigenvalue weighted by atomic mass is 16.5. The Labute approximate surface area is 198 Å². The maximum Gasteiger partial charge on any atom is 0.411 e. The number of aromatic nitrogens is 2. The summed E-state index contributed by atoms with van der Waals surface area (Å²) in [5.41, 5.74) is 2.77. The minimum Gasteiger partial charge on any atom is -0.453 e. The number of morpholine rings is 1. The van der Waals surface area contributed by atoms with Gasteiger partial charge < -0.3 is 29.8 Å². The van der Waals surface area contributed by atoms with E-state index < -0.39 is 6.09 Å². The van der Waals surface area contributed by atoms with Crippen LogP contribution >= 0.6 is 0 Å². The summed E-state index contributed by atoms with van der Waals surface area (Å²) in [5.74, 6) is 1.31. The van der Waals surface area contributed by atoms with Crippen molar-refractivity contribution in [2.24, 2.45) is 0 Å². The van der Waals surface area contributed by atoms with E-state index in [4.69, 9.17) is 24.9 Å². The van der Waals surface area contributed by atoms with Gasteiger partial charge in [0, 0.05) is 49.8 Å². The van der Waals surface area contributed by atoms with E-state index in [1.165, 1.54) is 13.3 Å². The Kier molecular flexibility index (Phi) is 6.59. The smallest absolute Gasteiger partial charge is 0.411 e. The molecular formula is C24H30N6O4. The molecular weight excluding hydrogens is 436 g/mol. The molecule has 10 heteroatoms. The van der Waals surface area contributed by atoms with Crippen molar-refractivity contribution in [2.75, 3.05) is 48.9 Å². The number of hydrogen-bond donors (Lipinski definition) is 3. The van der Waals surface area contributed by atoms with Gasteiger partial charge in [0.1, 0.15) is 5.82 Å². The van der Waals surface area contributed by atoms with Crippen molar-refractivity contribution in [1.82, 2.24) is 9.97 Å². The van der Waals surface area contributed by atoms with Gasteiger partial charge in [-0.15, -0.1) is 0 Å². The number of hydrogen-bond acceptors (Lipinski definition) is 9. The maximum absolute atomic E-state index is 11.5. The van der Waals surface area contributed by atoms with Gasteiger partial charge in [-0.25, -0.2) is 9.78 Å². The van der Waals surface area contributed by atoms with E-state index in [2.05, 4.69) is 20.3 Å². The Morgan fingerprint density at radius 2 is 1.82 bits per heavy atom. The van der Waals surface area contributed by atoms with E-state index >= 15 is 0 Å². The van der Waals surface area contributed by atoms with Crippen LogP contribution in [0.2, 0.25) is 0 Å². The summed E-state index contributed by atoms with van der Waals surface area (Å²) in [6.45, 7) is 2.95. The van der Waals surface area contributed by atoms with Crippen LogP contribution in [0.3, 0.4) is 0 Å². The first kappa shape index (κ1) is 22.5. The number of nitrogens with one attached hydrogen (secondary N) is 3. The predicted molar refractivity (Wildman–Crippen MR) is 129 cm³/mol. The molecule has 34 heavy (non-hydrogen) atoms. The van der Waals surface area contributed by atoms with Crippen molar-refractivity contribution in [3.8, 4) is 11.3 Å². The zero-order valence-electron chi connectivity index (χ0n) is 19.3. The SMILES string of the molecule is COC(=O)Nc1ccc(-c2nc(N3CC4CCC(C3)O4)nc(NC3CCOCC3)c2C=N)cc1. The van der Waals surface area contributed by atoms with Crippen LogP contribution in [-0.4, -0.2) is 73.9 Å². The van der Waals surface area contributed by atoms with Gasteiger partial charge in [-0.1, -0.05) is 12.1 Å². The Bertz CT molecular complexity index is 1030. The largest absolute Gasteiger partial charge is 0.453 e. The highest BCUT2D eigenvalue weighted by molar-refractivity contribution is 5.94. The minimum absolute atomic E-state index is 0.212. The monoisotopic (exact) mass is 466 g/mol. The molecule has 5 rings (SSSR count). The predicted octanol–water partition coefficient (Wildman–Crippen LogP) is 3.28. The zero-order valence-corrected chi connectivity index (χ0v) is 19.3. The lowest BCUT2D eigenvalue weighted by atomic mass is 10.0. The van der Waals surface area contributed by atoms with Crippen molar-refractivity contribution in [1.29, 1.82) is 5.41 Å². The second kappa shape index (κ2) is 9.94. The molecule has 1 aromatic heterocycles. The average Bonchev–Trinajstić information content (AvgIpc) is 3.21. The van der Waals surface area contributed by atoms with Crippen LogP contribution in [-0.2, 0) is 14.2 Å². The number of ether oxygens (including phenoxy) is 3. The van der Waals surface area contributed by atoms with E-state index in [1.807, 2.05) is 12.1 Å². The van der Waals surface area contributed by atoms with Gasteiger partial charge in [-0.05, 0) is 37.8 Å². The van der Waals surface area contributed by atoms with Gasteiger partial charge in [0.2, 0.25) is 5.95 Å². The van der Waals surface area contributed by atoms with Crippen molar-refractivity contribution < 1.29 is 19.0 Å². The molecule has 3 fully saturated rings. The second-order valence-corrected chi connectivity index (χ2v) is 8.87. The summed E-state index contributed by atoms with van der Waals surface area (Å²) in [6.07, 6.45) is 5.12. The zero-order chi connectivity index (χ0) is 23.5. The molecule has 3 N–H and O–H groups in total. The number of carbonyl (C=O) groups is 1. The van der Waals surface area contributed by atoms with Crippen LogP contribution in [0.25, 0.3) is 11.3 Å². The third-order valence-electron chi connectivity index (χ3n) is 6.56. The highest BCUT2D eigenvalue weighted by Gasteiger charge is 2.35. The first-order chi connectivity index (χ1) is 16.6. The Balaban J connectivity index is 1.51. The molecule has 180 valence electrons. The molecule has 2 atom stereocenters. The lowest BCUT2D eigenvalue weighted by molar-refractivity contribution is 0.0299. The topological polar surface area (TPSA) is 122 Å². The van der Waals surface area contributed by atoms with Crippen LogP contribution in [0.1, 0.15) is 31.2 Å². The van der Waals surface area contributed by atoms with Crippen molar-refractivity contribution in [3.63, 3.8) is 0 Å². The number of amides is 1. The third kappa shape index (κ3) is 4.83. The lowest BCUT2D eigenvalue weighted by Crippen LogP contribution is -2.43. The molecule has 2 aromatic rings. The number of rotatable bonds is 6. The van der Waals surface area contributed by atoms with E-state index in [0.717, 1.165) is 44.3 Å². The first-order valence-corrected chi connectivity index (χ1v) is 11.8. The van der Waals surface area contributed by atoms with Gasteiger partial charge in [-0.2, -0.15) is 4.98 Å². The number of methoxy groups -OCH3 is 1. The van der Waals surface area contributed by atoms with Gasteiger partial charge in [0.25, 0.3) is 0 Å². The van der Waals surface area contributed by atoms with Crippen LogP contribution in [0, 0.1) is 5.41 Å². The fraction of sp³-hybridized carbons (Fsp3) is 0.500. The molecule has 0 radical (unpaired) electrons. The van der Waals surface area contributed by atoms with Crippen LogP contribution in [0.5, 0.6) is 0 Å². The van der Waals surface area contributed by atoms with E-state index in [1.54, 1.807) is 12.1 Å². The molecule has 0 aliphatic carbocycles. The van der Waals surface area contributed by atoms with Crippen molar-refractivity contribution in [2.45, 2.75) is 43.9 Å². The molecule has 3 saturated heterocycles. The quantitative estimate of drug-likeness (QED) is 0.555. The normalized spacial score (nSPS) is 22.3. The second-order valence-electron chi connectivity index (χ2n) is 8.87. The van der Waals surface area contributed by atoms with Gasteiger partial charge >= 0.3 is 6.09 Å². The molecule has 1 amide bonds. The van der Waals surface area contributed by atoms with Gasteiger partial charge in [0.15, 0.2) is 0 Å². The highest BCUT2D eigenvalue weighted by Crippen LogP contribution is 2.33. The van der Waals surface area contributed by atoms with E-state index in [9.17, 15) is 4.79 Å². The van der Waals surface area contributed by atoms with E-state index in [0.29, 0.717) is 41.9 Å². The lowest BCUT2D eigenvalue weighted by Gasteiger charge is -2.33. The molecule has 0 saturated carbocycles. The van der Waals surface area contributed by atoms with Gasteiger partial charge in [-0.3, -0.25) is 5.32 Å². The molecule has 2 bridgehead atoms. The Hall–Kier alpha value is -3.24. The number of anilines is 3. The van der Waals surface area contributed by atoms with Crippen molar-refractivity contribution >= 4 is 29.8 Å². The Morgan fingerprint density at radius 3 is 2.47 bits per heavy atom. The summed E-state index contributed by atoms with van der Waals surface area (Å²) >= 11 is 0. The minimum atomic E-state index is -0.526. The number of benzene rings is 1. The fourth-order valence-corrected chi connectivity index (χ4v) is 4.76. The summed E-state index contributed by atoms with van der Waals surface area (Å²) in [7, 11) is 1.33. The van der Waals surface area contributed by atoms with Crippen LogP contribution in [0.4, 0.5) is 22.2 Å². The van der Waals surface area contributed by atoms with Crippen LogP contribution < -0.4 is 15.5 Å². The summed E-state index contributed by atoms with van der Waals surface area (Å²) in [4.78, 5) is 23.6. The van der Waals surface area contributed by atoms with Crippen molar-refractivity contribution in [3.05, 3.63) is 29.8 Å². The molecule has 4 heterocycles. The molecule has 3 aliphatic rings. The van der Waals surface area contributed by atoms with E-state index in [-0.39, 0.29) is 18.2 Å². The number of nitrogens with zero attached hydrogens (tertiary/aromatic N) is 3. The molecule has 10 nitrogen and oxygen atoms in total. The third-order valence-corrected chi connectivity index (χ3v) is 6.56. The summed E-state index contributed by atoms with van der Waals surface area (Å²) < 4.78 is 16.2. The molecule has 3 aliphatic heterocycles. The average molecular weight is 467 g/mol. The maximum atomic E-state index is 11.5. The molecule has 2 unspecified atom stereocenters. The summed E-state index contributed by atoms with van der Waals surface area (Å²) in [5, 5.41) is 14.4. The first-order valence-electron chi connectivity index (χ1n) is 11.8. The van der Waals surface area contributed by atoms with Gasteiger partial charge in [0.05, 0.1) is 30.6 Å². The molecule has 0 spiro atoms. The number of fused-ring (bicyclic) bond motifs is 2. The summed E-state index contributed by atoms with van der Waals surface area (Å²) in [6, 6.07) is 7.58. The Morgan fingerprint density at radius 1 is 1.12 bits per heavy atom. The van der Waals surface area contributed by atoms with Crippen LogP contribution in [0.15, 0.2) is 24.3 Å². The number of carbonyl (C=O) groups excluding carboxylic acids is 1. The standard InChI is InChI=1S/C24H30N6O4/c1-32-24(31)27-16-4-2-15(3-5-16)21-20(12-25)22(26-17-8-10-33-11-9-17)29-23(28-21)30-13-18-6-7-19(14-30)34-18/h2-5,12,17-19,25H,6-11,13-14H2,1H3,(H,27,31)(H,26,28,29). The molecule has 1 aromatic carbocycles. The fourth-order valence-electron chi connectivity index (χ4n) is 4.76.